The number of aliphatic hydroxyl groups is 4. The van der Waals surface area contributed by atoms with Crippen LogP contribution in [-0.2, 0) is 4.79 Å². The molecule has 4 aliphatic rings. The lowest BCUT2D eigenvalue weighted by Gasteiger charge is -2.57. The molecule has 0 radical (unpaired) electrons. The summed E-state index contributed by atoms with van der Waals surface area (Å²) >= 11 is 0. The van der Waals surface area contributed by atoms with Gasteiger partial charge in [0, 0.05) is 12.3 Å². The zero-order valence-electron chi connectivity index (χ0n) is 21.2. The number of fused-ring (bicyclic) bond motifs is 5. The monoisotopic (exact) mass is 460 g/mol. The molecular weight excluding hydrogens is 416 g/mol. The van der Waals surface area contributed by atoms with Gasteiger partial charge in [-0.05, 0) is 99.0 Å². The highest BCUT2D eigenvalue weighted by Crippen LogP contribution is 2.66. The van der Waals surface area contributed by atoms with Crippen molar-refractivity contribution >= 4 is 5.78 Å². The maximum absolute atomic E-state index is 12.0. The van der Waals surface area contributed by atoms with Gasteiger partial charge >= 0.3 is 0 Å². The van der Waals surface area contributed by atoms with E-state index in [9.17, 15) is 25.2 Å². The number of hydrogen-bond donors (Lipinski definition) is 4. The molecule has 5 heteroatoms. The smallest absolute Gasteiger partial charge is 0.156 e. The first-order valence-corrected chi connectivity index (χ1v) is 12.9. The molecule has 0 aromatic heterocycles. The molecule has 0 spiro atoms. The van der Waals surface area contributed by atoms with E-state index in [4.69, 9.17) is 0 Å². The predicted molar refractivity (Wildman–Crippen MR) is 128 cm³/mol. The average molecular weight is 461 g/mol. The van der Waals surface area contributed by atoms with Crippen LogP contribution in [0.1, 0.15) is 80.1 Å². The van der Waals surface area contributed by atoms with Gasteiger partial charge < -0.3 is 20.4 Å². The topological polar surface area (TPSA) is 98.0 Å². The van der Waals surface area contributed by atoms with Crippen molar-refractivity contribution in [1.82, 2.24) is 0 Å². The Morgan fingerprint density at radius 1 is 1.03 bits per heavy atom. The summed E-state index contributed by atoms with van der Waals surface area (Å²) < 4.78 is 0. The second kappa shape index (κ2) is 8.01. The van der Waals surface area contributed by atoms with Crippen molar-refractivity contribution in [2.75, 3.05) is 0 Å². The van der Waals surface area contributed by atoms with Gasteiger partial charge in [-0.3, -0.25) is 4.79 Å². The Morgan fingerprint density at radius 3 is 2.33 bits per heavy atom. The molecule has 5 nitrogen and oxygen atoms in total. The van der Waals surface area contributed by atoms with E-state index in [0.717, 1.165) is 32.1 Å². The Morgan fingerprint density at radius 2 is 1.70 bits per heavy atom. The van der Waals surface area contributed by atoms with Crippen LogP contribution >= 0.6 is 0 Å². The summed E-state index contributed by atoms with van der Waals surface area (Å²) in [5, 5.41) is 44.0. The molecule has 0 aliphatic heterocycles. The number of allylic oxidation sites excluding steroid dienone is 4. The highest BCUT2D eigenvalue weighted by atomic mass is 16.4. The summed E-state index contributed by atoms with van der Waals surface area (Å²) in [5.74, 6) is 0.805. The fraction of sp³-hybridized carbons (Fsp3) is 0.821. The molecule has 2 fully saturated rings. The molecule has 10 unspecified atom stereocenters. The van der Waals surface area contributed by atoms with Gasteiger partial charge in [0.05, 0.1) is 17.3 Å². The maximum Gasteiger partial charge on any atom is 0.156 e. The van der Waals surface area contributed by atoms with Crippen LogP contribution in [0.3, 0.4) is 0 Å². The van der Waals surface area contributed by atoms with Crippen molar-refractivity contribution < 1.29 is 25.2 Å². The molecule has 0 aromatic rings. The first kappa shape index (κ1) is 25.1. The van der Waals surface area contributed by atoms with Crippen molar-refractivity contribution in [2.45, 2.75) is 103 Å². The van der Waals surface area contributed by atoms with E-state index in [1.165, 1.54) is 5.57 Å². The largest absolute Gasteiger partial charge is 0.390 e. The second-order valence-corrected chi connectivity index (χ2v) is 12.9. The highest BCUT2D eigenvalue weighted by molar-refractivity contribution is 5.92. The molecule has 186 valence electrons. The second-order valence-electron chi connectivity index (χ2n) is 12.9. The minimum atomic E-state index is -1.46. The van der Waals surface area contributed by atoms with Crippen LogP contribution in [0.5, 0.6) is 0 Å². The van der Waals surface area contributed by atoms with E-state index in [2.05, 4.69) is 26.0 Å². The SMILES string of the molecule is CC(C(O)C(O)C(C)(O)C1CCC2C3C=CC4=CC(=O)CCC4(C)C3CCC21C)C(C)(C)O. The molecular formula is C28H44O5. The van der Waals surface area contributed by atoms with Crippen LogP contribution < -0.4 is 0 Å². The van der Waals surface area contributed by atoms with Crippen molar-refractivity contribution in [1.29, 1.82) is 0 Å². The van der Waals surface area contributed by atoms with Gasteiger partial charge in [0.15, 0.2) is 5.78 Å². The summed E-state index contributed by atoms with van der Waals surface area (Å²) in [4.78, 5) is 12.0. The summed E-state index contributed by atoms with van der Waals surface area (Å²) in [6.07, 6.45) is 9.13. The Hall–Kier alpha value is -1.01. The lowest BCUT2D eigenvalue weighted by atomic mass is 9.47. The molecule has 4 aliphatic carbocycles. The molecule has 10 atom stereocenters. The first-order chi connectivity index (χ1) is 15.1. The zero-order valence-corrected chi connectivity index (χ0v) is 21.2. The van der Waals surface area contributed by atoms with E-state index in [-0.39, 0.29) is 22.5 Å². The summed E-state index contributed by atoms with van der Waals surface area (Å²) in [7, 11) is 0. The minimum absolute atomic E-state index is 0.0348. The van der Waals surface area contributed by atoms with Crippen LogP contribution in [0.2, 0.25) is 0 Å². The number of hydrogen-bond acceptors (Lipinski definition) is 5. The summed E-state index contributed by atoms with van der Waals surface area (Å²) in [5.41, 5.74) is -1.54. The Bertz CT molecular complexity index is 851. The number of rotatable bonds is 5. The van der Waals surface area contributed by atoms with Crippen LogP contribution in [0, 0.1) is 40.4 Å². The van der Waals surface area contributed by atoms with E-state index in [1.807, 2.05) is 6.08 Å². The minimum Gasteiger partial charge on any atom is -0.390 e. The fourth-order valence-electron chi connectivity index (χ4n) is 8.20. The normalized spacial score (nSPS) is 43.0. The van der Waals surface area contributed by atoms with Gasteiger partial charge in [-0.2, -0.15) is 0 Å². The van der Waals surface area contributed by atoms with E-state index < -0.39 is 29.3 Å². The highest BCUT2D eigenvalue weighted by Gasteiger charge is 2.62. The van der Waals surface area contributed by atoms with Gasteiger partial charge in [0.2, 0.25) is 0 Å². The first-order valence-electron chi connectivity index (χ1n) is 12.9. The number of carbonyl (C=O) groups is 1. The van der Waals surface area contributed by atoms with Crippen molar-refractivity contribution in [2.24, 2.45) is 40.4 Å². The fourth-order valence-corrected chi connectivity index (χ4v) is 8.20. The lowest BCUT2D eigenvalue weighted by Crippen LogP contribution is -2.59. The van der Waals surface area contributed by atoms with Crippen molar-refractivity contribution in [3.8, 4) is 0 Å². The summed E-state index contributed by atoms with van der Waals surface area (Å²) in [6.45, 7) is 11.2. The average Bonchev–Trinajstić information content (AvgIpc) is 3.10. The van der Waals surface area contributed by atoms with Crippen LogP contribution in [0.15, 0.2) is 23.8 Å². The zero-order chi connectivity index (χ0) is 24.6. The van der Waals surface area contributed by atoms with Crippen LogP contribution in [0.4, 0.5) is 0 Å². The van der Waals surface area contributed by atoms with Gasteiger partial charge in [-0.25, -0.2) is 0 Å². The van der Waals surface area contributed by atoms with Gasteiger partial charge in [0.1, 0.15) is 6.10 Å². The standard InChI is InChI=1S/C28H44O5/c1-16(25(2,3)32)23(30)24(31)28(6,33)22-10-9-20-19-8-7-17-15-18(29)11-13-26(17,4)21(19)12-14-27(20,22)5/h7-8,15-16,19-24,30-33H,9-14H2,1-6H3. The maximum atomic E-state index is 12.0. The molecule has 0 amide bonds. The molecule has 2 saturated carbocycles. The van der Waals surface area contributed by atoms with Crippen LogP contribution in [0.25, 0.3) is 0 Å². The number of carbonyl (C=O) groups excluding carboxylic acids is 1. The van der Waals surface area contributed by atoms with Gasteiger partial charge in [0.25, 0.3) is 0 Å². The molecule has 0 bridgehead atoms. The van der Waals surface area contributed by atoms with E-state index in [1.54, 1.807) is 27.7 Å². The van der Waals surface area contributed by atoms with E-state index >= 15 is 0 Å². The summed E-state index contributed by atoms with van der Waals surface area (Å²) in [6, 6.07) is 0. The van der Waals surface area contributed by atoms with Gasteiger partial charge in [-0.1, -0.05) is 32.9 Å². The third-order valence-corrected chi connectivity index (χ3v) is 10.8. The Labute approximate surface area is 199 Å². The van der Waals surface area contributed by atoms with Crippen molar-refractivity contribution in [3.05, 3.63) is 23.8 Å². The number of ketones is 1. The molecule has 4 rings (SSSR count). The predicted octanol–water partition coefficient (Wildman–Crippen LogP) is 3.79. The molecule has 0 aromatic carbocycles. The quantitative estimate of drug-likeness (QED) is 0.500. The molecule has 33 heavy (non-hydrogen) atoms. The molecule has 4 N–H and O–H groups in total. The Balaban J connectivity index is 1.61. The van der Waals surface area contributed by atoms with E-state index in [0.29, 0.717) is 24.2 Å². The molecule has 0 saturated heterocycles. The third kappa shape index (κ3) is 3.78. The molecule has 0 heterocycles. The number of aliphatic hydroxyl groups excluding tert-OH is 2. The van der Waals surface area contributed by atoms with Crippen LogP contribution in [-0.4, -0.2) is 49.6 Å². The van der Waals surface area contributed by atoms with Crippen molar-refractivity contribution in [3.63, 3.8) is 0 Å². The third-order valence-electron chi connectivity index (χ3n) is 10.8. The van der Waals surface area contributed by atoms with Gasteiger partial charge in [-0.15, -0.1) is 0 Å². The lowest BCUT2D eigenvalue weighted by molar-refractivity contribution is -0.192. The Kier molecular flexibility index (Phi) is 6.09.